The molecule has 1 fully saturated rings. The van der Waals surface area contributed by atoms with Crippen molar-refractivity contribution in [3.05, 3.63) is 39.5 Å². The maximum Gasteiger partial charge on any atom is 0.252 e. The van der Waals surface area contributed by atoms with Gasteiger partial charge in [0.25, 0.3) is 5.56 Å². The van der Waals surface area contributed by atoms with E-state index in [0.717, 1.165) is 13.0 Å². The Bertz CT molecular complexity index is 802. The van der Waals surface area contributed by atoms with Gasteiger partial charge in [0.15, 0.2) is 0 Å². The second kappa shape index (κ2) is 7.69. The third-order valence-corrected chi connectivity index (χ3v) is 4.37. The molecule has 134 valence electrons. The van der Waals surface area contributed by atoms with E-state index in [2.05, 4.69) is 20.4 Å². The zero-order valence-corrected chi connectivity index (χ0v) is 14.8. The molecule has 0 saturated carbocycles. The first-order valence-corrected chi connectivity index (χ1v) is 8.70. The Labute approximate surface area is 150 Å². The minimum Gasteiger partial charge on any atom is -0.354 e. The molecule has 1 unspecified atom stereocenters. The average Bonchev–Trinajstić information content (AvgIpc) is 3.15. The molecule has 1 atom stereocenters. The number of aromatic amines is 1. The molecule has 3 rings (SSSR count). The summed E-state index contributed by atoms with van der Waals surface area (Å²) in [5, 5.41) is 7.81. The van der Waals surface area contributed by atoms with Gasteiger partial charge in [0.2, 0.25) is 11.9 Å². The molecule has 2 aromatic heterocycles. The van der Waals surface area contributed by atoms with Crippen molar-refractivity contribution in [2.45, 2.75) is 32.2 Å². The number of nitrogens with zero attached hydrogens (tertiary/aromatic N) is 4. The van der Waals surface area contributed by atoms with Gasteiger partial charge in [0.1, 0.15) is 0 Å². The van der Waals surface area contributed by atoms with E-state index in [1.165, 1.54) is 6.07 Å². The van der Waals surface area contributed by atoms with Gasteiger partial charge in [-0.3, -0.25) is 19.3 Å². The Kier molecular flexibility index (Phi) is 5.37. The number of hydrogen-bond acceptors (Lipinski definition) is 5. The molecule has 0 spiro atoms. The zero-order chi connectivity index (χ0) is 17.8. The Balaban J connectivity index is 1.61. The highest BCUT2D eigenvalue weighted by atomic mass is 35.5. The van der Waals surface area contributed by atoms with Crippen LogP contribution in [0.2, 0.25) is 5.02 Å². The largest absolute Gasteiger partial charge is 0.354 e. The van der Waals surface area contributed by atoms with Crippen LogP contribution < -0.4 is 10.9 Å². The number of carbonyl (C=O) groups excluding carboxylic acids is 1. The van der Waals surface area contributed by atoms with Crippen LogP contribution >= 0.6 is 11.6 Å². The monoisotopic (exact) mass is 364 g/mol. The van der Waals surface area contributed by atoms with Crippen molar-refractivity contribution in [3.63, 3.8) is 0 Å². The molecule has 1 aliphatic rings. The molecule has 9 heteroatoms. The van der Waals surface area contributed by atoms with Crippen molar-refractivity contribution in [2.75, 3.05) is 25.0 Å². The van der Waals surface area contributed by atoms with E-state index in [9.17, 15) is 9.59 Å². The van der Waals surface area contributed by atoms with Crippen LogP contribution in [0.15, 0.2) is 23.3 Å². The molecule has 25 heavy (non-hydrogen) atoms. The number of amides is 1. The fourth-order valence-electron chi connectivity index (χ4n) is 2.87. The van der Waals surface area contributed by atoms with E-state index in [1.54, 1.807) is 17.1 Å². The van der Waals surface area contributed by atoms with Gasteiger partial charge < -0.3 is 10.2 Å². The van der Waals surface area contributed by atoms with Gasteiger partial charge in [0.05, 0.1) is 16.9 Å². The standard InChI is InChI=1S/C16H21ClN6O2/c1-11(9-23-10-12(17)8-19-23)13-7-14(24)21-16(20-13)18-4-6-22-5-2-3-15(22)25/h7-8,10-11H,2-6,9H2,1H3,(H2,18,20,21,24). The lowest BCUT2D eigenvalue weighted by molar-refractivity contribution is -0.127. The average molecular weight is 365 g/mol. The minimum absolute atomic E-state index is 0.000948. The number of halogens is 1. The zero-order valence-electron chi connectivity index (χ0n) is 14.0. The Morgan fingerprint density at radius 1 is 1.44 bits per heavy atom. The van der Waals surface area contributed by atoms with E-state index < -0.39 is 0 Å². The third-order valence-electron chi connectivity index (χ3n) is 4.17. The molecule has 3 heterocycles. The lowest BCUT2D eigenvalue weighted by Gasteiger charge is -2.16. The van der Waals surface area contributed by atoms with E-state index in [1.807, 2.05) is 11.8 Å². The summed E-state index contributed by atoms with van der Waals surface area (Å²) in [7, 11) is 0. The molecular weight excluding hydrogens is 344 g/mol. The van der Waals surface area contributed by atoms with Crippen molar-refractivity contribution in [1.29, 1.82) is 0 Å². The number of nitrogens with one attached hydrogen (secondary N) is 2. The molecule has 0 bridgehead atoms. The van der Waals surface area contributed by atoms with E-state index in [-0.39, 0.29) is 17.4 Å². The predicted molar refractivity (Wildman–Crippen MR) is 94.8 cm³/mol. The maximum atomic E-state index is 11.9. The summed E-state index contributed by atoms with van der Waals surface area (Å²) in [5.74, 6) is 0.599. The first kappa shape index (κ1) is 17.5. The van der Waals surface area contributed by atoms with Crippen LogP contribution in [0.5, 0.6) is 0 Å². The van der Waals surface area contributed by atoms with Crippen molar-refractivity contribution < 1.29 is 4.79 Å². The van der Waals surface area contributed by atoms with Gasteiger partial charge in [-0.15, -0.1) is 0 Å². The molecule has 1 aliphatic heterocycles. The maximum absolute atomic E-state index is 11.9. The van der Waals surface area contributed by atoms with Gasteiger partial charge in [-0.25, -0.2) is 4.98 Å². The lowest BCUT2D eigenvalue weighted by Crippen LogP contribution is -2.30. The Hall–Kier alpha value is -2.35. The Morgan fingerprint density at radius 2 is 2.28 bits per heavy atom. The minimum atomic E-state index is -0.213. The number of aromatic nitrogens is 4. The van der Waals surface area contributed by atoms with Crippen molar-refractivity contribution in [1.82, 2.24) is 24.6 Å². The van der Waals surface area contributed by atoms with Gasteiger partial charge in [-0.05, 0) is 6.42 Å². The number of H-pyrrole nitrogens is 1. The second-order valence-electron chi connectivity index (χ2n) is 6.21. The molecule has 1 saturated heterocycles. The summed E-state index contributed by atoms with van der Waals surface area (Å²) in [5.41, 5.74) is 0.463. The fourth-order valence-corrected chi connectivity index (χ4v) is 3.03. The number of carbonyl (C=O) groups is 1. The lowest BCUT2D eigenvalue weighted by atomic mass is 10.1. The molecule has 2 N–H and O–H groups in total. The van der Waals surface area contributed by atoms with Gasteiger partial charge in [-0.1, -0.05) is 18.5 Å². The van der Waals surface area contributed by atoms with E-state index >= 15 is 0 Å². The Morgan fingerprint density at radius 3 is 2.96 bits per heavy atom. The van der Waals surface area contributed by atoms with Crippen LogP contribution in [0.1, 0.15) is 31.4 Å². The molecule has 1 amide bonds. The topological polar surface area (TPSA) is 95.9 Å². The van der Waals surface area contributed by atoms with Gasteiger partial charge >= 0.3 is 0 Å². The third kappa shape index (κ3) is 4.60. The smallest absolute Gasteiger partial charge is 0.252 e. The summed E-state index contributed by atoms with van der Waals surface area (Å²) in [6.07, 6.45) is 4.85. The highest BCUT2D eigenvalue weighted by Gasteiger charge is 2.19. The number of rotatable bonds is 7. The second-order valence-corrected chi connectivity index (χ2v) is 6.65. The highest BCUT2D eigenvalue weighted by molar-refractivity contribution is 6.30. The summed E-state index contributed by atoms with van der Waals surface area (Å²) < 4.78 is 1.72. The van der Waals surface area contributed by atoms with Crippen molar-refractivity contribution in [3.8, 4) is 0 Å². The predicted octanol–water partition coefficient (Wildman–Crippen LogP) is 1.46. The van der Waals surface area contributed by atoms with E-state index in [0.29, 0.717) is 42.7 Å². The normalized spacial score (nSPS) is 15.6. The molecular formula is C16H21ClN6O2. The van der Waals surface area contributed by atoms with E-state index in [4.69, 9.17) is 11.6 Å². The SMILES string of the molecule is CC(Cn1cc(Cl)cn1)c1cc(=O)[nH]c(NCCN2CCCC2=O)n1. The summed E-state index contributed by atoms with van der Waals surface area (Å²) in [6, 6.07) is 1.49. The molecule has 0 radical (unpaired) electrons. The quantitative estimate of drug-likeness (QED) is 0.775. The number of hydrogen-bond donors (Lipinski definition) is 2. The van der Waals surface area contributed by atoms with Gasteiger partial charge in [0, 0.05) is 50.8 Å². The summed E-state index contributed by atoms with van der Waals surface area (Å²) in [6.45, 7) is 4.50. The molecule has 8 nitrogen and oxygen atoms in total. The summed E-state index contributed by atoms with van der Waals surface area (Å²) in [4.78, 5) is 32.5. The molecule has 0 aliphatic carbocycles. The van der Waals surface area contributed by atoms with Gasteiger partial charge in [-0.2, -0.15) is 5.10 Å². The number of likely N-dealkylation sites (tertiary alicyclic amines) is 1. The van der Waals surface area contributed by atoms with Crippen molar-refractivity contribution >= 4 is 23.5 Å². The first-order valence-electron chi connectivity index (χ1n) is 8.32. The first-order chi connectivity index (χ1) is 12.0. The van der Waals surface area contributed by atoms with Crippen molar-refractivity contribution in [2.24, 2.45) is 0 Å². The highest BCUT2D eigenvalue weighted by Crippen LogP contribution is 2.16. The molecule has 0 aromatic carbocycles. The van der Waals surface area contributed by atoms with Crippen LogP contribution in [0.3, 0.4) is 0 Å². The van der Waals surface area contributed by atoms with Crippen LogP contribution in [-0.2, 0) is 11.3 Å². The number of anilines is 1. The van der Waals surface area contributed by atoms with Crippen LogP contribution in [0, 0.1) is 0 Å². The molecule has 2 aromatic rings. The van der Waals surface area contributed by atoms with Crippen LogP contribution in [0.4, 0.5) is 5.95 Å². The fraction of sp³-hybridized carbons (Fsp3) is 0.500. The van der Waals surface area contributed by atoms with Crippen LogP contribution in [0.25, 0.3) is 0 Å². The summed E-state index contributed by atoms with van der Waals surface area (Å²) >= 11 is 5.87. The van der Waals surface area contributed by atoms with Crippen LogP contribution in [-0.4, -0.2) is 50.2 Å².